The second-order valence-electron chi connectivity index (χ2n) is 6.37. The maximum atomic E-state index is 11.4. The van der Waals surface area contributed by atoms with Crippen LogP contribution >= 0.6 is 24.4 Å². The lowest BCUT2D eigenvalue weighted by Gasteiger charge is -2.15. The molecule has 2 saturated heterocycles. The summed E-state index contributed by atoms with van der Waals surface area (Å²) in [4.78, 5) is 0. The van der Waals surface area contributed by atoms with Gasteiger partial charge in [-0.05, 0) is 37.3 Å². The molecule has 0 spiro atoms. The summed E-state index contributed by atoms with van der Waals surface area (Å²) in [5.41, 5.74) is 0. The highest BCUT2D eigenvalue weighted by molar-refractivity contribution is 7.92. The average Bonchev–Trinajstić information content (AvgIpc) is 3.07. The lowest BCUT2D eigenvalue weighted by molar-refractivity contribution is 0.0700. The van der Waals surface area contributed by atoms with E-state index in [4.69, 9.17) is 38.6 Å². The van der Waals surface area contributed by atoms with Crippen molar-refractivity contribution in [2.75, 3.05) is 49.4 Å². The normalized spacial score (nSPS) is 25.6. The van der Waals surface area contributed by atoms with Crippen molar-refractivity contribution in [3.05, 3.63) is 0 Å². The molecule has 2 fully saturated rings. The van der Waals surface area contributed by atoms with Crippen LogP contribution in [0.5, 0.6) is 0 Å². The molecule has 27 heavy (non-hydrogen) atoms. The van der Waals surface area contributed by atoms with Gasteiger partial charge in [0.1, 0.15) is 13.2 Å². The van der Waals surface area contributed by atoms with Gasteiger partial charge in [0.2, 0.25) is 0 Å². The molecule has 2 N–H and O–H groups in total. The fraction of sp³-hybridized carbons (Fsp3) is 0.857. The molecule has 0 aromatic heterocycles. The molecule has 2 rings (SSSR count). The fourth-order valence-electron chi connectivity index (χ4n) is 2.72. The predicted molar refractivity (Wildman–Crippen MR) is 108 cm³/mol. The lowest BCUT2D eigenvalue weighted by Crippen LogP contribution is -2.36. The van der Waals surface area contributed by atoms with Gasteiger partial charge in [-0.25, -0.2) is 16.8 Å². The third-order valence-corrected chi connectivity index (χ3v) is 8.04. The zero-order valence-corrected chi connectivity index (χ0v) is 18.0. The highest BCUT2D eigenvalue weighted by atomic mass is 32.2. The van der Waals surface area contributed by atoms with E-state index in [1.807, 2.05) is 0 Å². The summed E-state index contributed by atoms with van der Waals surface area (Å²) in [6, 6.07) is -0.389. The van der Waals surface area contributed by atoms with E-state index in [9.17, 15) is 16.8 Å². The molecule has 2 aliphatic heterocycles. The van der Waals surface area contributed by atoms with E-state index < -0.39 is 19.7 Å². The standard InChI is InChI=1S/C14H24N2O7S4/c17-26(18)7-1-11(9-26)15-13(24)22-5-3-21-4-6-23-14(25)16-12-2-8-27(19,20)10-12/h11-12H,1-10H2,(H,15,24)(H,16,25). The van der Waals surface area contributed by atoms with Gasteiger partial charge in [-0.2, -0.15) is 0 Å². The summed E-state index contributed by atoms with van der Waals surface area (Å²) >= 11 is 10.0. The van der Waals surface area contributed by atoms with Crippen LogP contribution in [0.2, 0.25) is 0 Å². The Hall–Kier alpha value is -0.760. The van der Waals surface area contributed by atoms with Gasteiger partial charge in [0.05, 0.1) is 36.2 Å². The Labute approximate surface area is 170 Å². The van der Waals surface area contributed by atoms with Gasteiger partial charge in [0.15, 0.2) is 19.7 Å². The van der Waals surface area contributed by atoms with Crippen molar-refractivity contribution in [1.82, 2.24) is 10.6 Å². The number of rotatable bonds is 8. The van der Waals surface area contributed by atoms with E-state index in [0.29, 0.717) is 12.8 Å². The van der Waals surface area contributed by atoms with Crippen molar-refractivity contribution in [3.63, 3.8) is 0 Å². The summed E-state index contributed by atoms with van der Waals surface area (Å²) in [6.45, 7) is 1.03. The summed E-state index contributed by atoms with van der Waals surface area (Å²) in [5, 5.41) is 6.07. The van der Waals surface area contributed by atoms with Gasteiger partial charge in [-0.15, -0.1) is 0 Å². The molecule has 9 nitrogen and oxygen atoms in total. The fourth-order valence-corrected chi connectivity index (χ4v) is 6.57. The molecule has 0 aliphatic carbocycles. The van der Waals surface area contributed by atoms with E-state index in [0.717, 1.165) is 0 Å². The van der Waals surface area contributed by atoms with Crippen molar-refractivity contribution in [2.45, 2.75) is 24.9 Å². The van der Waals surface area contributed by atoms with Gasteiger partial charge in [0.25, 0.3) is 10.3 Å². The Balaban J connectivity index is 1.44. The molecule has 2 aliphatic rings. The first-order valence-electron chi connectivity index (χ1n) is 8.50. The third-order valence-electron chi connectivity index (χ3n) is 4.03. The number of ether oxygens (including phenoxy) is 3. The Morgan fingerprint density at radius 2 is 1.19 bits per heavy atom. The molecule has 0 bridgehead atoms. The van der Waals surface area contributed by atoms with Crippen LogP contribution in [0.3, 0.4) is 0 Å². The van der Waals surface area contributed by atoms with E-state index in [1.165, 1.54) is 0 Å². The van der Waals surface area contributed by atoms with Crippen LogP contribution in [-0.2, 0) is 33.9 Å². The number of hydrogen-bond acceptors (Lipinski definition) is 9. The summed E-state index contributed by atoms with van der Waals surface area (Å²) in [6.07, 6.45) is 1.06. The minimum Gasteiger partial charge on any atom is -0.469 e. The minimum absolute atomic E-state index is 0.0745. The molecule has 156 valence electrons. The van der Waals surface area contributed by atoms with Gasteiger partial charge in [-0.1, -0.05) is 0 Å². The molecule has 13 heteroatoms. The van der Waals surface area contributed by atoms with Crippen LogP contribution in [0, 0.1) is 0 Å². The lowest BCUT2D eigenvalue weighted by atomic mass is 10.3. The molecule has 0 aromatic rings. The molecule has 2 unspecified atom stereocenters. The largest absolute Gasteiger partial charge is 0.469 e. The topological polar surface area (TPSA) is 120 Å². The number of nitrogens with one attached hydrogen (secondary N) is 2. The van der Waals surface area contributed by atoms with Crippen molar-refractivity contribution < 1.29 is 31.0 Å². The van der Waals surface area contributed by atoms with E-state index in [2.05, 4.69) is 10.6 Å². The van der Waals surface area contributed by atoms with E-state index in [1.54, 1.807) is 0 Å². The number of hydrogen-bond donors (Lipinski definition) is 2. The Morgan fingerprint density at radius 3 is 1.52 bits per heavy atom. The number of sulfone groups is 2. The zero-order valence-electron chi connectivity index (χ0n) is 14.7. The Morgan fingerprint density at radius 1 is 0.778 bits per heavy atom. The van der Waals surface area contributed by atoms with Crippen molar-refractivity contribution >= 4 is 54.5 Å². The SMILES string of the molecule is O=S1(=O)CCC(NC(=S)OCCOCCOC(=S)NC2CCS(=O)(=O)C2)C1. The predicted octanol–water partition coefficient (Wildman–Crippen LogP) is -0.841. The highest BCUT2D eigenvalue weighted by Gasteiger charge is 2.29. The first kappa shape index (κ1) is 22.5. The quantitative estimate of drug-likeness (QED) is 0.348. The van der Waals surface area contributed by atoms with Crippen LogP contribution in [-0.4, -0.2) is 88.7 Å². The molecular formula is C14H24N2O7S4. The highest BCUT2D eigenvalue weighted by Crippen LogP contribution is 2.12. The zero-order chi connectivity index (χ0) is 19.9. The smallest absolute Gasteiger partial charge is 0.256 e. The van der Waals surface area contributed by atoms with E-state index >= 15 is 0 Å². The van der Waals surface area contributed by atoms with Crippen molar-refractivity contribution in [3.8, 4) is 0 Å². The molecule has 2 atom stereocenters. The first-order valence-corrected chi connectivity index (χ1v) is 13.0. The van der Waals surface area contributed by atoms with Crippen LogP contribution in [0.25, 0.3) is 0 Å². The Kier molecular flexibility index (Phi) is 8.46. The van der Waals surface area contributed by atoms with Gasteiger partial charge in [0, 0.05) is 12.1 Å². The van der Waals surface area contributed by atoms with Crippen LogP contribution < -0.4 is 10.6 Å². The minimum atomic E-state index is -2.96. The average molecular weight is 461 g/mol. The molecule has 0 amide bonds. The molecular weight excluding hydrogens is 436 g/mol. The summed E-state index contributed by atoms with van der Waals surface area (Å²) in [5.74, 6) is 0.490. The maximum Gasteiger partial charge on any atom is 0.256 e. The number of thiocarbonyl (C=S) groups is 2. The van der Waals surface area contributed by atoms with Crippen LogP contribution in [0.4, 0.5) is 0 Å². The monoisotopic (exact) mass is 460 g/mol. The molecule has 0 aromatic carbocycles. The third kappa shape index (κ3) is 8.85. The first-order chi connectivity index (χ1) is 12.7. The summed E-state index contributed by atoms with van der Waals surface area (Å²) < 4.78 is 61.3. The maximum absolute atomic E-state index is 11.4. The molecule has 0 saturated carbocycles. The molecule has 2 heterocycles. The molecule has 0 radical (unpaired) electrons. The van der Waals surface area contributed by atoms with E-state index in [-0.39, 0.29) is 71.9 Å². The van der Waals surface area contributed by atoms with Crippen LogP contribution in [0.1, 0.15) is 12.8 Å². The van der Waals surface area contributed by atoms with Crippen LogP contribution in [0.15, 0.2) is 0 Å². The van der Waals surface area contributed by atoms with Gasteiger partial charge in [-0.3, -0.25) is 0 Å². The van der Waals surface area contributed by atoms with Gasteiger partial charge >= 0.3 is 0 Å². The Bertz CT molecular complexity index is 677. The van der Waals surface area contributed by atoms with Gasteiger partial charge < -0.3 is 24.8 Å². The second kappa shape index (κ2) is 10.1. The summed E-state index contributed by atoms with van der Waals surface area (Å²) in [7, 11) is -5.92. The van der Waals surface area contributed by atoms with Crippen molar-refractivity contribution in [1.29, 1.82) is 0 Å². The second-order valence-corrected chi connectivity index (χ2v) is 11.6. The van der Waals surface area contributed by atoms with Crippen molar-refractivity contribution in [2.24, 2.45) is 0 Å².